The first-order chi connectivity index (χ1) is 19.0. The zero-order chi connectivity index (χ0) is 28.8. The molecule has 2 heterocycles. The van der Waals surface area contributed by atoms with E-state index in [2.05, 4.69) is 15.0 Å². The predicted molar refractivity (Wildman–Crippen MR) is 146 cm³/mol. The molecule has 2 aromatic carbocycles. The number of hydrogen-bond donors (Lipinski definition) is 1. The average molecular weight is 550 g/mol. The molecule has 2 aliphatic rings. The molecule has 1 N–H and O–H groups in total. The molecule has 3 aromatic rings. The normalized spacial score (nSPS) is 18.8. The van der Waals surface area contributed by atoms with Crippen molar-refractivity contribution in [1.29, 1.82) is 0 Å². The molecule has 1 aliphatic carbocycles. The Labute approximate surface area is 230 Å². The van der Waals surface area contributed by atoms with Crippen molar-refractivity contribution in [2.45, 2.75) is 51.4 Å². The van der Waals surface area contributed by atoms with Gasteiger partial charge in [0.05, 0.1) is 18.7 Å². The van der Waals surface area contributed by atoms with Gasteiger partial charge in [-0.15, -0.1) is 0 Å². The number of amides is 1. The van der Waals surface area contributed by atoms with E-state index in [0.717, 1.165) is 34.4 Å². The van der Waals surface area contributed by atoms with Crippen LogP contribution >= 0.6 is 0 Å². The van der Waals surface area contributed by atoms with Gasteiger partial charge in [-0.3, -0.25) is 14.7 Å². The number of halogens is 3. The highest BCUT2D eigenvalue weighted by atomic mass is 19.1. The largest absolute Gasteiger partial charge is 0.465 e. The number of nitrogens with zero attached hydrogens (tertiary/aromatic N) is 2. The third-order valence-corrected chi connectivity index (χ3v) is 7.42. The summed E-state index contributed by atoms with van der Waals surface area (Å²) in [7, 11) is 1.23. The molecule has 0 saturated heterocycles. The topological polar surface area (TPSA) is 71.5 Å². The molecule has 40 heavy (non-hydrogen) atoms. The van der Waals surface area contributed by atoms with E-state index in [4.69, 9.17) is 0 Å². The second-order valence-corrected chi connectivity index (χ2v) is 10.9. The van der Waals surface area contributed by atoms with Crippen LogP contribution in [0.3, 0.4) is 0 Å². The van der Waals surface area contributed by atoms with E-state index >= 15 is 8.78 Å². The minimum Gasteiger partial charge on any atom is -0.465 e. The first-order valence-corrected chi connectivity index (χ1v) is 13.1. The van der Waals surface area contributed by atoms with Gasteiger partial charge in [0.1, 0.15) is 23.0 Å². The Balaban J connectivity index is 1.49. The fourth-order valence-electron chi connectivity index (χ4n) is 5.72. The van der Waals surface area contributed by atoms with Crippen molar-refractivity contribution in [3.8, 4) is 0 Å². The minimum atomic E-state index is -1.59. The summed E-state index contributed by atoms with van der Waals surface area (Å²) in [5, 5.41) is 2.47. The van der Waals surface area contributed by atoms with Crippen LogP contribution in [0.25, 0.3) is 5.57 Å². The molecule has 6 nitrogen and oxygen atoms in total. The van der Waals surface area contributed by atoms with E-state index in [1.807, 2.05) is 36.1 Å². The van der Waals surface area contributed by atoms with Crippen LogP contribution in [0.4, 0.5) is 18.9 Å². The zero-order valence-corrected chi connectivity index (χ0v) is 22.7. The van der Waals surface area contributed by atoms with Crippen molar-refractivity contribution < 1.29 is 27.5 Å². The van der Waals surface area contributed by atoms with Crippen LogP contribution < -0.4 is 5.32 Å². The number of aromatic nitrogens is 1. The van der Waals surface area contributed by atoms with E-state index < -0.39 is 35.2 Å². The van der Waals surface area contributed by atoms with E-state index in [-0.39, 0.29) is 35.1 Å². The van der Waals surface area contributed by atoms with Crippen LogP contribution in [0.15, 0.2) is 60.3 Å². The van der Waals surface area contributed by atoms with E-state index in [1.165, 1.54) is 39.3 Å². The van der Waals surface area contributed by atoms with Gasteiger partial charge in [-0.05, 0) is 80.2 Å². The Morgan fingerprint density at radius 3 is 2.45 bits per heavy atom. The van der Waals surface area contributed by atoms with Crippen molar-refractivity contribution >= 4 is 23.1 Å². The maximum Gasteiger partial charge on any atom is 0.339 e. The Morgan fingerprint density at radius 2 is 1.82 bits per heavy atom. The number of rotatable bonds is 6. The third kappa shape index (κ3) is 5.25. The van der Waals surface area contributed by atoms with Crippen molar-refractivity contribution in [1.82, 2.24) is 9.88 Å². The Bertz CT molecular complexity index is 1490. The first-order valence-electron chi connectivity index (χ1n) is 13.1. The van der Waals surface area contributed by atoms with E-state index in [1.54, 1.807) is 0 Å². The SMILES string of the molecule is COC(=O)c1ccc(C(=O)Nc2cc(F)c([C@@H]3C4=C(C[C@@H](C)N3CC(C)(C)F)c3ccccc3C4)c(F)c2)nc1. The van der Waals surface area contributed by atoms with Gasteiger partial charge < -0.3 is 10.1 Å². The number of alkyl halides is 1. The molecule has 1 amide bonds. The summed E-state index contributed by atoms with van der Waals surface area (Å²) in [5.41, 5.74) is 2.34. The summed E-state index contributed by atoms with van der Waals surface area (Å²) in [6.07, 6.45) is 2.36. The zero-order valence-electron chi connectivity index (χ0n) is 22.7. The molecule has 0 fully saturated rings. The molecule has 0 spiro atoms. The summed E-state index contributed by atoms with van der Waals surface area (Å²) in [6, 6.07) is 11.8. The van der Waals surface area contributed by atoms with Gasteiger partial charge in [0.2, 0.25) is 0 Å². The standard InChI is InChI=1S/C31H30F3N3O3/c1-17-11-22-21-8-6-5-7-18(21)12-23(22)28(37(17)16-31(2,3)34)27-24(32)13-20(14-25(27)33)36-29(38)26-10-9-19(15-35-26)30(39)40-4/h5-10,13-15,17,28H,11-12,16H2,1-4H3,(H,36,38)/t17-,28+/m1/s1. The molecule has 9 heteroatoms. The number of fused-ring (bicyclic) bond motifs is 2. The molecule has 0 radical (unpaired) electrons. The van der Waals surface area contributed by atoms with Crippen LogP contribution in [0, 0.1) is 11.6 Å². The number of benzene rings is 2. The average Bonchev–Trinajstić information content (AvgIpc) is 3.27. The van der Waals surface area contributed by atoms with Gasteiger partial charge in [-0.1, -0.05) is 24.3 Å². The van der Waals surface area contributed by atoms with Crippen LogP contribution in [0.2, 0.25) is 0 Å². The fourth-order valence-corrected chi connectivity index (χ4v) is 5.72. The number of carbonyl (C=O) groups excluding carboxylic acids is 2. The monoisotopic (exact) mass is 549 g/mol. The first kappa shape index (κ1) is 27.6. The van der Waals surface area contributed by atoms with Gasteiger partial charge in [0, 0.05) is 30.0 Å². The number of hydrogen-bond acceptors (Lipinski definition) is 5. The van der Waals surface area contributed by atoms with Gasteiger partial charge >= 0.3 is 5.97 Å². The number of anilines is 1. The summed E-state index contributed by atoms with van der Waals surface area (Å²) in [6.45, 7) is 4.87. The number of carbonyl (C=O) groups is 2. The summed E-state index contributed by atoms with van der Waals surface area (Å²) in [5.74, 6) is -2.99. The molecule has 0 bridgehead atoms. The minimum absolute atomic E-state index is 0.00341. The van der Waals surface area contributed by atoms with Gasteiger partial charge in [-0.2, -0.15) is 0 Å². The third-order valence-electron chi connectivity index (χ3n) is 7.42. The lowest BCUT2D eigenvalue weighted by Gasteiger charge is -2.44. The number of methoxy groups -OCH3 is 1. The number of ether oxygens (including phenoxy) is 1. The highest BCUT2D eigenvalue weighted by Crippen LogP contribution is 2.50. The highest BCUT2D eigenvalue weighted by Gasteiger charge is 2.43. The maximum absolute atomic E-state index is 15.8. The van der Waals surface area contributed by atoms with E-state index in [0.29, 0.717) is 12.8 Å². The number of nitrogens with one attached hydrogen (secondary N) is 1. The van der Waals surface area contributed by atoms with Crippen LogP contribution in [0.5, 0.6) is 0 Å². The lowest BCUT2D eigenvalue weighted by molar-refractivity contribution is 0.0599. The summed E-state index contributed by atoms with van der Waals surface area (Å²) in [4.78, 5) is 30.1. The lowest BCUT2D eigenvalue weighted by atomic mass is 9.84. The maximum atomic E-state index is 15.8. The summed E-state index contributed by atoms with van der Waals surface area (Å²) >= 11 is 0. The molecule has 1 aromatic heterocycles. The Morgan fingerprint density at radius 1 is 1.12 bits per heavy atom. The highest BCUT2D eigenvalue weighted by molar-refractivity contribution is 6.03. The quantitative estimate of drug-likeness (QED) is 0.366. The van der Waals surface area contributed by atoms with Gasteiger partial charge in [0.25, 0.3) is 5.91 Å². The lowest BCUT2D eigenvalue weighted by Crippen LogP contribution is -2.47. The molecule has 2 atom stereocenters. The summed E-state index contributed by atoms with van der Waals surface area (Å²) < 4.78 is 51.3. The van der Waals surface area contributed by atoms with Crippen molar-refractivity contribution in [3.63, 3.8) is 0 Å². The molecular formula is C31H30F3N3O3. The van der Waals surface area contributed by atoms with Crippen molar-refractivity contribution in [2.75, 3.05) is 19.0 Å². The number of esters is 1. The molecular weight excluding hydrogens is 519 g/mol. The fraction of sp³-hybridized carbons (Fsp3) is 0.323. The molecule has 5 rings (SSSR count). The molecule has 208 valence electrons. The van der Waals surface area contributed by atoms with Crippen LogP contribution in [0.1, 0.15) is 70.8 Å². The molecule has 0 unspecified atom stereocenters. The van der Waals surface area contributed by atoms with E-state index in [9.17, 15) is 14.0 Å². The second-order valence-electron chi connectivity index (χ2n) is 10.9. The second kappa shape index (κ2) is 10.5. The van der Waals surface area contributed by atoms with Crippen LogP contribution in [-0.2, 0) is 11.2 Å². The molecule has 0 saturated carbocycles. The van der Waals surface area contributed by atoms with Crippen LogP contribution in [-0.4, -0.2) is 47.1 Å². The van der Waals surface area contributed by atoms with Gasteiger partial charge in [-0.25, -0.2) is 18.0 Å². The predicted octanol–water partition coefficient (Wildman–Crippen LogP) is 6.29. The Kier molecular flexibility index (Phi) is 7.27. The smallest absolute Gasteiger partial charge is 0.339 e. The number of pyridine rings is 1. The van der Waals surface area contributed by atoms with Gasteiger partial charge in [0.15, 0.2) is 0 Å². The van der Waals surface area contributed by atoms with Crippen molar-refractivity contribution in [3.05, 3.63) is 99.9 Å². The molecule has 1 aliphatic heterocycles. The van der Waals surface area contributed by atoms with Crippen molar-refractivity contribution in [2.24, 2.45) is 0 Å². The Hall–Kier alpha value is -3.98.